The highest BCUT2D eigenvalue weighted by atomic mass is 16.5. The quantitative estimate of drug-likeness (QED) is 0.892. The summed E-state index contributed by atoms with van der Waals surface area (Å²) >= 11 is 0. The average molecular weight is 248 g/mol. The minimum atomic E-state index is 0.0442. The van der Waals surface area contributed by atoms with Gasteiger partial charge in [0, 0.05) is 30.9 Å². The molecule has 1 aromatic carbocycles. The monoisotopic (exact) mass is 248 g/mol. The molecule has 1 heterocycles. The van der Waals surface area contributed by atoms with Gasteiger partial charge in [-0.2, -0.15) is 0 Å². The Hall–Kier alpha value is -1.55. The number of ether oxygens (including phenoxy) is 1. The van der Waals surface area contributed by atoms with E-state index in [1.807, 2.05) is 31.2 Å². The fourth-order valence-corrected chi connectivity index (χ4v) is 2.06. The first-order chi connectivity index (χ1) is 8.69. The summed E-state index contributed by atoms with van der Waals surface area (Å²) in [4.78, 5) is 13.6. The Morgan fingerprint density at radius 3 is 2.78 bits per heavy atom. The zero-order valence-electron chi connectivity index (χ0n) is 11.0. The number of amides is 1. The third-order valence-electron chi connectivity index (χ3n) is 3.08. The van der Waals surface area contributed by atoms with Crippen LogP contribution in [0.5, 0.6) is 0 Å². The van der Waals surface area contributed by atoms with Gasteiger partial charge in [-0.15, -0.1) is 0 Å². The summed E-state index contributed by atoms with van der Waals surface area (Å²) in [6, 6.07) is 7.98. The first-order valence-corrected chi connectivity index (χ1v) is 6.45. The lowest BCUT2D eigenvalue weighted by atomic mass is 10.2. The van der Waals surface area contributed by atoms with Crippen LogP contribution in [-0.2, 0) is 9.53 Å². The third kappa shape index (κ3) is 3.23. The Bertz CT molecular complexity index is 403. The minimum Gasteiger partial charge on any atom is -0.375 e. The molecule has 1 amide bonds. The smallest absolute Gasteiger partial charge is 0.224 e. The lowest BCUT2D eigenvalue weighted by molar-refractivity contribution is -0.115. The molecule has 0 aliphatic carbocycles. The van der Waals surface area contributed by atoms with Crippen molar-refractivity contribution in [3.05, 3.63) is 24.3 Å². The first-order valence-electron chi connectivity index (χ1n) is 6.45. The van der Waals surface area contributed by atoms with Crippen LogP contribution in [0, 0.1) is 0 Å². The van der Waals surface area contributed by atoms with Crippen LogP contribution in [0.25, 0.3) is 0 Å². The Labute approximate surface area is 108 Å². The number of hydrogen-bond acceptors (Lipinski definition) is 3. The molecule has 1 saturated heterocycles. The maximum atomic E-state index is 11.3. The Balaban J connectivity index is 2.00. The van der Waals surface area contributed by atoms with Crippen molar-refractivity contribution in [2.45, 2.75) is 26.4 Å². The van der Waals surface area contributed by atoms with E-state index in [0.717, 1.165) is 25.4 Å². The van der Waals surface area contributed by atoms with Crippen molar-refractivity contribution < 1.29 is 9.53 Å². The van der Waals surface area contributed by atoms with Gasteiger partial charge >= 0.3 is 0 Å². The first kappa shape index (κ1) is 12.9. The number of anilines is 2. The molecular weight excluding hydrogens is 228 g/mol. The van der Waals surface area contributed by atoms with Crippen molar-refractivity contribution in [1.29, 1.82) is 0 Å². The van der Waals surface area contributed by atoms with E-state index in [4.69, 9.17) is 4.74 Å². The van der Waals surface area contributed by atoms with Crippen LogP contribution in [0.3, 0.4) is 0 Å². The van der Waals surface area contributed by atoms with Gasteiger partial charge in [-0.1, -0.05) is 6.92 Å². The van der Waals surface area contributed by atoms with Crippen LogP contribution < -0.4 is 10.2 Å². The van der Waals surface area contributed by atoms with Crippen molar-refractivity contribution in [2.24, 2.45) is 0 Å². The van der Waals surface area contributed by atoms with Gasteiger partial charge in [-0.25, -0.2) is 0 Å². The fourth-order valence-electron chi connectivity index (χ4n) is 2.06. The second-order valence-corrected chi connectivity index (χ2v) is 4.58. The summed E-state index contributed by atoms with van der Waals surface area (Å²) in [6.07, 6.45) is 0.779. The van der Waals surface area contributed by atoms with Crippen molar-refractivity contribution >= 4 is 17.3 Å². The lowest BCUT2D eigenvalue weighted by Crippen LogP contribution is -2.41. The number of rotatable bonds is 3. The zero-order chi connectivity index (χ0) is 13.0. The van der Waals surface area contributed by atoms with Gasteiger partial charge in [0.2, 0.25) is 5.91 Å². The summed E-state index contributed by atoms with van der Waals surface area (Å²) in [5.74, 6) is 0.0442. The third-order valence-corrected chi connectivity index (χ3v) is 3.08. The molecule has 0 radical (unpaired) electrons. The zero-order valence-corrected chi connectivity index (χ0v) is 11.0. The average Bonchev–Trinajstić information content (AvgIpc) is 2.39. The van der Waals surface area contributed by atoms with Crippen LogP contribution in [-0.4, -0.2) is 31.7 Å². The normalized spacial score (nSPS) is 19.7. The maximum Gasteiger partial charge on any atom is 0.224 e. The number of nitrogens with zero attached hydrogens (tertiary/aromatic N) is 1. The van der Waals surface area contributed by atoms with E-state index in [1.165, 1.54) is 5.69 Å². The summed E-state index contributed by atoms with van der Waals surface area (Å²) in [5.41, 5.74) is 2.03. The van der Waals surface area contributed by atoms with E-state index in [9.17, 15) is 4.79 Å². The molecule has 1 N–H and O–H groups in total. The Morgan fingerprint density at radius 2 is 2.17 bits per heavy atom. The molecule has 18 heavy (non-hydrogen) atoms. The fraction of sp³-hybridized carbons (Fsp3) is 0.500. The van der Waals surface area contributed by atoms with E-state index < -0.39 is 0 Å². The van der Waals surface area contributed by atoms with Gasteiger partial charge in [-0.3, -0.25) is 4.79 Å². The minimum absolute atomic E-state index is 0.0442. The lowest BCUT2D eigenvalue weighted by Gasteiger charge is -2.33. The molecule has 2 rings (SSSR count). The predicted octanol–water partition coefficient (Wildman–Crippen LogP) is 2.26. The van der Waals surface area contributed by atoms with Gasteiger partial charge in [0.25, 0.3) is 0 Å². The summed E-state index contributed by atoms with van der Waals surface area (Å²) < 4.78 is 5.52. The number of carbonyl (C=O) groups excluding carboxylic acids is 1. The Morgan fingerprint density at radius 1 is 1.44 bits per heavy atom. The van der Waals surface area contributed by atoms with Gasteiger partial charge in [-0.05, 0) is 31.2 Å². The van der Waals surface area contributed by atoms with Crippen LogP contribution in [0.4, 0.5) is 11.4 Å². The molecule has 0 saturated carbocycles. The van der Waals surface area contributed by atoms with E-state index in [-0.39, 0.29) is 12.0 Å². The van der Waals surface area contributed by atoms with Crippen molar-refractivity contribution in [3.8, 4) is 0 Å². The van der Waals surface area contributed by atoms with Crippen LogP contribution in [0.15, 0.2) is 24.3 Å². The summed E-state index contributed by atoms with van der Waals surface area (Å²) in [5, 5.41) is 2.85. The summed E-state index contributed by atoms with van der Waals surface area (Å²) in [6.45, 7) is 6.54. The molecule has 0 bridgehead atoms. The van der Waals surface area contributed by atoms with Crippen LogP contribution in [0.1, 0.15) is 20.3 Å². The van der Waals surface area contributed by atoms with Gasteiger partial charge in [0.1, 0.15) is 0 Å². The highest BCUT2D eigenvalue weighted by Gasteiger charge is 2.16. The van der Waals surface area contributed by atoms with Crippen molar-refractivity contribution in [3.63, 3.8) is 0 Å². The van der Waals surface area contributed by atoms with E-state index in [0.29, 0.717) is 6.42 Å². The largest absolute Gasteiger partial charge is 0.375 e. The molecule has 98 valence electrons. The highest BCUT2D eigenvalue weighted by Crippen LogP contribution is 2.20. The van der Waals surface area contributed by atoms with E-state index in [2.05, 4.69) is 17.1 Å². The van der Waals surface area contributed by atoms with Crippen LogP contribution in [0.2, 0.25) is 0 Å². The number of hydrogen-bond donors (Lipinski definition) is 1. The molecule has 4 nitrogen and oxygen atoms in total. The molecule has 0 spiro atoms. The van der Waals surface area contributed by atoms with Crippen molar-refractivity contribution in [1.82, 2.24) is 0 Å². The molecule has 1 atom stereocenters. The van der Waals surface area contributed by atoms with E-state index >= 15 is 0 Å². The van der Waals surface area contributed by atoms with Crippen LogP contribution >= 0.6 is 0 Å². The maximum absolute atomic E-state index is 11.3. The molecular formula is C14H20N2O2. The predicted molar refractivity (Wildman–Crippen MR) is 73.0 cm³/mol. The highest BCUT2D eigenvalue weighted by molar-refractivity contribution is 5.90. The molecule has 4 heteroatoms. The molecule has 0 aromatic heterocycles. The van der Waals surface area contributed by atoms with Crippen molar-refractivity contribution in [2.75, 3.05) is 29.9 Å². The number of morpholine rings is 1. The molecule has 1 aliphatic heterocycles. The van der Waals surface area contributed by atoms with E-state index in [1.54, 1.807) is 0 Å². The van der Waals surface area contributed by atoms with Gasteiger partial charge in [0.15, 0.2) is 0 Å². The second-order valence-electron chi connectivity index (χ2n) is 4.58. The summed E-state index contributed by atoms with van der Waals surface area (Å²) in [7, 11) is 0. The molecule has 1 fully saturated rings. The molecule has 1 aliphatic rings. The Kier molecular flexibility index (Phi) is 4.20. The number of benzene rings is 1. The second kappa shape index (κ2) is 5.87. The molecule has 1 aromatic rings. The molecule has 1 unspecified atom stereocenters. The van der Waals surface area contributed by atoms with Gasteiger partial charge < -0.3 is 15.0 Å². The number of nitrogens with one attached hydrogen (secondary N) is 1. The topological polar surface area (TPSA) is 41.6 Å². The standard InChI is InChI=1S/C14H20N2O2/c1-3-14(17)15-12-4-6-13(7-5-12)16-8-9-18-11(2)10-16/h4-7,11H,3,8-10H2,1-2H3,(H,15,17). The SMILES string of the molecule is CCC(=O)Nc1ccc(N2CCOC(C)C2)cc1. The number of carbonyl (C=O) groups is 1. The van der Waals surface area contributed by atoms with Gasteiger partial charge in [0.05, 0.1) is 12.7 Å².